The first-order chi connectivity index (χ1) is 17.6. The Morgan fingerprint density at radius 3 is 2.16 bits per heavy atom. The topological polar surface area (TPSA) is 169 Å². The van der Waals surface area contributed by atoms with Crippen LogP contribution in [0.2, 0.25) is 0 Å². The molecule has 0 saturated carbocycles. The van der Waals surface area contributed by atoms with Crippen LogP contribution in [-0.4, -0.2) is 66.4 Å². The van der Waals surface area contributed by atoms with Crippen LogP contribution in [0.4, 0.5) is 16.2 Å². The summed E-state index contributed by atoms with van der Waals surface area (Å²) in [4.78, 5) is 36.3. The summed E-state index contributed by atoms with van der Waals surface area (Å²) < 4.78 is 5.51. The monoisotopic (exact) mass is 511 g/mol. The van der Waals surface area contributed by atoms with Crippen LogP contribution in [0.3, 0.4) is 0 Å². The summed E-state index contributed by atoms with van der Waals surface area (Å²) in [7, 11) is 0. The van der Waals surface area contributed by atoms with E-state index in [1.165, 1.54) is 0 Å². The zero-order valence-corrected chi connectivity index (χ0v) is 20.7. The van der Waals surface area contributed by atoms with Crippen LogP contribution in [0.15, 0.2) is 48.5 Å². The van der Waals surface area contributed by atoms with Gasteiger partial charge < -0.3 is 30.9 Å². The van der Waals surface area contributed by atoms with Gasteiger partial charge in [-0.25, -0.2) is 4.79 Å². The standard InChI is InChI=1S/C24H29N5O4.C2H4O2/c25-22(26)17-3-1-16(2-4-17)13-27-14-21-15-29(24(32)33-21)20-7-5-19(6-8-20)28-11-9-18(10-12-28)23(30)31;1-2(3)4/h1-8,18,21,27H,9-15H2,(H3,25,26)(H,30,31);1H3,(H,3,4)/t21-;/m0./s1. The quantitative estimate of drug-likeness (QED) is 0.264. The number of amides is 1. The highest BCUT2D eigenvalue weighted by Gasteiger charge is 2.32. The van der Waals surface area contributed by atoms with E-state index in [2.05, 4.69) is 10.2 Å². The summed E-state index contributed by atoms with van der Waals surface area (Å²) in [6.45, 7) is 4.14. The van der Waals surface area contributed by atoms with Gasteiger partial charge in [0.05, 0.1) is 12.5 Å². The second-order valence-corrected chi connectivity index (χ2v) is 8.99. The smallest absolute Gasteiger partial charge is 0.414 e. The third-order valence-corrected chi connectivity index (χ3v) is 6.21. The molecular formula is C26H33N5O6. The lowest BCUT2D eigenvalue weighted by Crippen LogP contribution is -2.36. The van der Waals surface area contributed by atoms with Crippen LogP contribution in [0.1, 0.15) is 30.9 Å². The van der Waals surface area contributed by atoms with Gasteiger partial charge in [0, 0.05) is 50.0 Å². The van der Waals surface area contributed by atoms with Gasteiger partial charge >= 0.3 is 12.1 Å². The summed E-state index contributed by atoms with van der Waals surface area (Å²) in [5.74, 6) is -1.76. The summed E-state index contributed by atoms with van der Waals surface area (Å²) >= 11 is 0. The fraction of sp³-hybridized carbons (Fsp3) is 0.385. The number of benzene rings is 2. The number of carbonyl (C=O) groups excluding carboxylic acids is 1. The SMILES string of the molecule is CC(=O)O.N=C(N)c1ccc(CNC[C@H]2CN(c3ccc(N4CCC(C(=O)O)CC4)cc3)C(=O)O2)cc1. The van der Waals surface area contributed by atoms with Gasteiger partial charge in [-0.1, -0.05) is 24.3 Å². The van der Waals surface area contributed by atoms with Crippen molar-refractivity contribution in [3.8, 4) is 0 Å². The summed E-state index contributed by atoms with van der Waals surface area (Å²) in [5, 5.41) is 27.3. The summed E-state index contributed by atoms with van der Waals surface area (Å²) in [6, 6.07) is 15.2. The number of amidine groups is 1. The fourth-order valence-corrected chi connectivity index (χ4v) is 4.25. The Kier molecular flexibility index (Phi) is 9.45. The molecule has 4 rings (SSSR count). The normalized spacial score (nSPS) is 17.5. The van der Waals surface area contributed by atoms with Gasteiger partial charge in [-0.05, 0) is 42.7 Å². The molecule has 2 heterocycles. The van der Waals surface area contributed by atoms with Crippen molar-refractivity contribution >= 4 is 35.2 Å². The van der Waals surface area contributed by atoms with Crippen LogP contribution in [0, 0.1) is 11.3 Å². The van der Waals surface area contributed by atoms with Gasteiger partial charge in [-0.2, -0.15) is 0 Å². The molecule has 2 aliphatic rings. The van der Waals surface area contributed by atoms with E-state index in [0.29, 0.717) is 51.1 Å². The number of aliphatic carboxylic acids is 2. The highest BCUT2D eigenvalue weighted by atomic mass is 16.6. The van der Waals surface area contributed by atoms with Gasteiger partial charge in [-0.3, -0.25) is 19.9 Å². The first kappa shape index (κ1) is 27.5. The fourth-order valence-electron chi connectivity index (χ4n) is 4.25. The first-order valence-corrected chi connectivity index (χ1v) is 12.0. The molecule has 11 heteroatoms. The van der Waals surface area contributed by atoms with Crippen LogP contribution < -0.4 is 20.9 Å². The Labute approximate surface area is 215 Å². The predicted octanol–water partition coefficient (Wildman–Crippen LogP) is 2.48. The van der Waals surface area contributed by atoms with Crippen molar-refractivity contribution in [2.24, 2.45) is 11.7 Å². The minimum atomic E-state index is -0.833. The molecular weight excluding hydrogens is 478 g/mol. The molecule has 37 heavy (non-hydrogen) atoms. The number of hydrogen-bond donors (Lipinski definition) is 5. The number of carbonyl (C=O) groups is 3. The van der Waals surface area contributed by atoms with E-state index in [0.717, 1.165) is 23.9 Å². The Bertz CT molecular complexity index is 1090. The number of nitrogens with zero attached hydrogens (tertiary/aromatic N) is 2. The minimum absolute atomic E-state index is 0.0447. The average molecular weight is 512 g/mol. The molecule has 1 atom stereocenters. The number of nitrogens with two attached hydrogens (primary N) is 1. The van der Waals surface area contributed by atoms with E-state index < -0.39 is 11.9 Å². The molecule has 6 N–H and O–H groups in total. The van der Waals surface area contributed by atoms with Crippen LogP contribution >= 0.6 is 0 Å². The van der Waals surface area contributed by atoms with Crippen LogP contribution in [0.5, 0.6) is 0 Å². The molecule has 0 spiro atoms. The van der Waals surface area contributed by atoms with E-state index in [4.69, 9.17) is 30.9 Å². The zero-order chi connectivity index (χ0) is 26.9. The van der Waals surface area contributed by atoms with E-state index in [9.17, 15) is 9.59 Å². The number of nitrogens with one attached hydrogen (secondary N) is 2. The van der Waals surface area contributed by atoms with Crippen molar-refractivity contribution in [3.05, 3.63) is 59.7 Å². The number of hydrogen-bond acceptors (Lipinski definition) is 7. The molecule has 2 saturated heterocycles. The average Bonchev–Trinajstić information content (AvgIpc) is 3.24. The van der Waals surface area contributed by atoms with Gasteiger partial charge in [-0.15, -0.1) is 0 Å². The van der Waals surface area contributed by atoms with Crippen molar-refractivity contribution in [2.75, 3.05) is 36.0 Å². The number of piperidine rings is 1. The number of carboxylic acids is 2. The molecule has 2 aliphatic heterocycles. The number of carboxylic acid groups (broad SMARTS) is 2. The molecule has 198 valence electrons. The molecule has 1 amide bonds. The zero-order valence-electron chi connectivity index (χ0n) is 20.7. The third kappa shape index (κ3) is 7.94. The van der Waals surface area contributed by atoms with Gasteiger partial charge in [0.1, 0.15) is 11.9 Å². The Hall–Kier alpha value is -4.12. The van der Waals surface area contributed by atoms with Crippen molar-refractivity contribution in [1.82, 2.24) is 5.32 Å². The number of cyclic esters (lactones) is 1. The molecule has 0 unspecified atom stereocenters. The Morgan fingerprint density at radius 2 is 1.62 bits per heavy atom. The van der Waals surface area contributed by atoms with E-state index >= 15 is 0 Å². The van der Waals surface area contributed by atoms with E-state index in [1.807, 2.05) is 48.5 Å². The molecule has 11 nitrogen and oxygen atoms in total. The lowest BCUT2D eigenvalue weighted by atomic mass is 9.97. The molecule has 2 aromatic rings. The van der Waals surface area contributed by atoms with Crippen molar-refractivity contribution in [3.63, 3.8) is 0 Å². The molecule has 0 bridgehead atoms. The first-order valence-electron chi connectivity index (χ1n) is 12.0. The lowest BCUT2D eigenvalue weighted by molar-refractivity contribution is -0.142. The van der Waals surface area contributed by atoms with Gasteiger partial charge in [0.15, 0.2) is 0 Å². The number of anilines is 2. The van der Waals surface area contributed by atoms with Crippen LogP contribution in [-0.2, 0) is 20.9 Å². The maximum atomic E-state index is 12.4. The predicted molar refractivity (Wildman–Crippen MR) is 139 cm³/mol. The molecule has 0 radical (unpaired) electrons. The number of nitrogen functional groups attached to an aromatic ring is 1. The van der Waals surface area contributed by atoms with E-state index in [1.54, 1.807) is 4.90 Å². The third-order valence-electron chi connectivity index (χ3n) is 6.21. The van der Waals surface area contributed by atoms with Crippen molar-refractivity contribution in [1.29, 1.82) is 5.41 Å². The lowest BCUT2D eigenvalue weighted by Gasteiger charge is -2.32. The van der Waals surface area contributed by atoms with Crippen molar-refractivity contribution < 1.29 is 29.3 Å². The largest absolute Gasteiger partial charge is 0.481 e. The molecule has 0 aromatic heterocycles. The van der Waals surface area contributed by atoms with Gasteiger partial charge in [0.2, 0.25) is 0 Å². The summed E-state index contributed by atoms with van der Waals surface area (Å²) in [5.41, 5.74) is 9.04. The second kappa shape index (κ2) is 12.7. The van der Waals surface area contributed by atoms with Crippen LogP contribution in [0.25, 0.3) is 0 Å². The highest BCUT2D eigenvalue weighted by Crippen LogP contribution is 2.27. The number of rotatable bonds is 8. The highest BCUT2D eigenvalue weighted by molar-refractivity contribution is 5.94. The minimum Gasteiger partial charge on any atom is -0.481 e. The maximum Gasteiger partial charge on any atom is 0.414 e. The molecule has 0 aliphatic carbocycles. The maximum absolute atomic E-state index is 12.4. The van der Waals surface area contributed by atoms with Gasteiger partial charge in [0.25, 0.3) is 5.97 Å². The van der Waals surface area contributed by atoms with E-state index in [-0.39, 0.29) is 24.0 Å². The van der Waals surface area contributed by atoms with Crippen molar-refractivity contribution in [2.45, 2.75) is 32.4 Å². The Balaban J connectivity index is 0.000000886. The molecule has 2 aromatic carbocycles. The Morgan fingerprint density at radius 1 is 1.05 bits per heavy atom. The summed E-state index contributed by atoms with van der Waals surface area (Å²) in [6.07, 6.45) is 0.683. The second-order valence-electron chi connectivity index (χ2n) is 8.99. The molecule has 2 fully saturated rings. The number of ether oxygens (including phenoxy) is 1.